The largest absolute Gasteiger partial charge is 0.132 e. The Hall–Kier alpha value is -1.72. The van der Waals surface area contributed by atoms with Crippen LogP contribution in [0.2, 0.25) is 0 Å². The third kappa shape index (κ3) is 3.21. The van der Waals surface area contributed by atoms with E-state index in [1.54, 1.807) is 0 Å². The minimum absolute atomic E-state index is 1.18. The minimum Gasteiger partial charge on any atom is -0.132 e. The van der Waals surface area contributed by atoms with Gasteiger partial charge >= 0.3 is 0 Å². The number of benzene rings is 2. The summed E-state index contributed by atoms with van der Waals surface area (Å²) in [4.78, 5) is 5.86. The maximum Gasteiger partial charge on any atom is 0.0549 e. The third-order valence-electron chi connectivity index (χ3n) is 5.51. The SMILES string of the molecule is C1=C(c2sc3c(-c4ccccc4)c(C4=CCCS4)sc3c2-c2ccccc2)SCC1. The molecule has 0 bridgehead atoms. The van der Waals surface area contributed by atoms with Crippen LogP contribution in [0.25, 0.3) is 41.5 Å². The molecule has 6 rings (SSSR count). The summed E-state index contributed by atoms with van der Waals surface area (Å²) >= 11 is 8.03. The van der Waals surface area contributed by atoms with Crippen LogP contribution in [0.15, 0.2) is 72.8 Å². The number of fused-ring (bicyclic) bond motifs is 1. The zero-order valence-electron chi connectivity index (χ0n) is 16.4. The van der Waals surface area contributed by atoms with Crippen molar-refractivity contribution in [3.63, 3.8) is 0 Å². The number of hydrogen-bond donors (Lipinski definition) is 0. The van der Waals surface area contributed by atoms with Crippen molar-refractivity contribution in [2.24, 2.45) is 0 Å². The fourth-order valence-corrected chi connectivity index (χ4v) is 9.45. The molecule has 0 radical (unpaired) electrons. The van der Waals surface area contributed by atoms with Crippen LogP contribution in [0.5, 0.6) is 0 Å². The second kappa shape index (κ2) is 8.08. The van der Waals surface area contributed by atoms with Crippen LogP contribution >= 0.6 is 46.2 Å². The zero-order chi connectivity index (χ0) is 19.9. The first-order chi connectivity index (χ1) is 14.9. The average Bonchev–Trinajstić information content (AvgIpc) is 3.58. The van der Waals surface area contributed by atoms with Crippen molar-refractivity contribution in [2.75, 3.05) is 11.5 Å². The van der Waals surface area contributed by atoms with Gasteiger partial charge in [-0.15, -0.1) is 46.2 Å². The predicted octanol–water partition coefficient (Wildman–Crippen LogP) is 9.25. The van der Waals surface area contributed by atoms with E-state index in [-0.39, 0.29) is 0 Å². The van der Waals surface area contributed by atoms with Gasteiger partial charge in [0.25, 0.3) is 0 Å². The van der Waals surface area contributed by atoms with E-state index in [2.05, 4.69) is 72.8 Å². The summed E-state index contributed by atoms with van der Waals surface area (Å²) in [6.45, 7) is 0. The van der Waals surface area contributed by atoms with Crippen molar-refractivity contribution in [3.05, 3.63) is 82.6 Å². The van der Waals surface area contributed by atoms with Crippen LogP contribution in [-0.4, -0.2) is 11.5 Å². The van der Waals surface area contributed by atoms with Crippen molar-refractivity contribution in [1.29, 1.82) is 0 Å². The van der Waals surface area contributed by atoms with Gasteiger partial charge in [0, 0.05) is 32.4 Å². The lowest BCUT2D eigenvalue weighted by molar-refractivity contribution is 1.28. The van der Waals surface area contributed by atoms with Crippen LogP contribution in [-0.2, 0) is 0 Å². The van der Waals surface area contributed by atoms with Gasteiger partial charge in [-0.05, 0) is 24.0 Å². The van der Waals surface area contributed by atoms with E-state index in [0.29, 0.717) is 0 Å². The van der Waals surface area contributed by atoms with Crippen LogP contribution in [0.3, 0.4) is 0 Å². The molecule has 0 amide bonds. The van der Waals surface area contributed by atoms with Gasteiger partial charge in [0.05, 0.1) is 19.2 Å². The highest BCUT2D eigenvalue weighted by Gasteiger charge is 2.27. The topological polar surface area (TPSA) is 0 Å². The van der Waals surface area contributed by atoms with Crippen LogP contribution in [0.1, 0.15) is 22.6 Å². The molecule has 4 aromatic rings. The molecular weight excluding hydrogens is 441 g/mol. The molecule has 0 spiro atoms. The molecule has 2 aliphatic rings. The summed E-state index contributed by atoms with van der Waals surface area (Å²) in [5.41, 5.74) is 5.56. The normalized spacial score (nSPS) is 16.3. The molecule has 0 saturated carbocycles. The van der Waals surface area contributed by atoms with E-state index in [1.165, 1.54) is 75.6 Å². The molecule has 148 valence electrons. The molecule has 0 nitrogen and oxygen atoms in total. The number of allylic oxidation sites excluding steroid dienone is 2. The van der Waals surface area contributed by atoms with Crippen LogP contribution in [0.4, 0.5) is 0 Å². The minimum atomic E-state index is 1.18. The van der Waals surface area contributed by atoms with Gasteiger partial charge in [-0.1, -0.05) is 72.8 Å². The number of rotatable bonds is 4. The molecule has 2 aliphatic heterocycles. The van der Waals surface area contributed by atoms with Crippen molar-refractivity contribution in [2.45, 2.75) is 12.8 Å². The molecule has 0 fully saturated rings. The van der Waals surface area contributed by atoms with Crippen molar-refractivity contribution >= 4 is 65.4 Å². The average molecular weight is 461 g/mol. The van der Waals surface area contributed by atoms with E-state index < -0.39 is 0 Å². The van der Waals surface area contributed by atoms with E-state index in [0.717, 1.165) is 0 Å². The quantitative estimate of drug-likeness (QED) is 0.297. The van der Waals surface area contributed by atoms with Gasteiger partial charge in [0.1, 0.15) is 0 Å². The van der Waals surface area contributed by atoms with Gasteiger partial charge in [-0.2, -0.15) is 0 Å². The highest BCUT2D eigenvalue weighted by molar-refractivity contribution is 8.09. The van der Waals surface area contributed by atoms with Gasteiger partial charge in [0.2, 0.25) is 0 Å². The van der Waals surface area contributed by atoms with Crippen LogP contribution in [0, 0.1) is 0 Å². The Balaban J connectivity index is 1.68. The van der Waals surface area contributed by atoms with E-state index in [1.807, 2.05) is 46.2 Å². The van der Waals surface area contributed by atoms with Gasteiger partial charge in [-0.25, -0.2) is 0 Å². The number of thiophene rings is 2. The molecule has 2 aromatic carbocycles. The molecule has 2 aromatic heterocycles. The molecule has 0 aliphatic carbocycles. The lowest BCUT2D eigenvalue weighted by Crippen LogP contribution is -1.80. The van der Waals surface area contributed by atoms with Crippen LogP contribution < -0.4 is 0 Å². The molecule has 0 N–H and O–H groups in total. The molecule has 0 unspecified atom stereocenters. The maximum atomic E-state index is 2.44. The second-order valence-electron chi connectivity index (χ2n) is 7.41. The Kier molecular flexibility index (Phi) is 5.12. The fraction of sp³-hybridized carbons (Fsp3) is 0.154. The lowest BCUT2D eigenvalue weighted by Gasteiger charge is -2.07. The molecule has 4 heterocycles. The second-order valence-corrected chi connectivity index (χ2v) is 11.7. The standard InChI is InChI=1S/C26H20S4/c1-3-9-17(10-4-1)21-23(19-13-7-15-27-19)29-26-22(18-11-5-2-6-12-18)24(30-25(21)26)20-14-8-16-28-20/h1-6,9-14H,7-8,15-16H2. The summed E-state index contributed by atoms with van der Waals surface area (Å²) < 4.78 is 2.91. The third-order valence-corrected chi connectivity index (χ3v) is 10.6. The summed E-state index contributed by atoms with van der Waals surface area (Å²) in [7, 11) is 0. The lowest BCUT2D eigenvalue weighted by atomic mass is 10.0. The Morgan fingerprint density at radius 3 is 1.33 bits per heavy atom. The van der Waals surface area contributed by atoms with Crippen molar-refractivity contribution in [3.8, 4) is 22.3 Å². The number of hydrogen-bond acceptors (Lipinski definition) is 4. The van der Waals surface area contributed by atoms with Crippen molar-refractivity contribution < 1.29 is 0 Å². The first-order valence-electron chi connectivity index (χ1n) is 10.3. The fourth-order valence-electron chi connectivity index (χ4n) is 4.17. The number of thioether (sulfide) groups is 2. The van der Waals surface area contributed by atoms with E-state index >= 15 is 0 Å². The van der Waals surface area contributed by atoms with Gasteiger partial charge < -0.3 is 0 Å². The summed E-state index contributed by atoms with van der Waals surface area (Å²) in [6, 6.07) is 22.0. The highest BCUT2D eigenvalue weighted by Crippen LogP contribution is 2.56. The first-order valence-corrected chi connectivity index (χ1v) is 13.9. The Bertz CT molecular complexity index is 1170. The molecule has 0 atom stereocenters. The molecular formula is C26H20S4. The summed E-state index contributed by atoms with van der Waals surface area (Å²) in [6.07, 6.45) is 7.23. The van der Waals surface area contributed by atoms with Crippen molar-refractivity contribution in [1.82, 2.24) is 0 Å². The Morgan fingerprint density at radius 1 is 0.533 bits per heavy atom. The first kappa shape index (κ1) is 19.0. The molecule has 4 heteroatoms. The Labute approximate surface area is 193 Å². The van der Waals surface area contributed by atoms with E-state index in [4.69, 9.17) is 0 Å². The molecule has 0 saturated heterocycles. The smallest absolute Gasteiger partial charge is 0.0549 e. The predicted molar refractivity (Wildman–Crippen MR) is 141 cm³/mol. The summed E-state index contributed by atoms with van der Waals surface area (Å²) in [5, 5.41) is 0. The van der Waals surface area contributed by atoms with E-state index in [9.17, 15) is 0 Å². The zero-order valence-corrected chi connectivity index (χ0v) is 19.7. The summed E-state index contributed by atoms with van der Waals surface area (Å²) in [5.74, 6) is 2.41. The highest BCUT2D eigenvalue weighted by atomic mass is 32.2. The molecule has 30 heavy (non-hydrogen) atoms. The van der Waals surface area contributed by atoms with Gasteiger partial charge in [0.15, 0.2) is 0 Å². The van der Waals surface area contributed by atoms with Gasteiger partial charge in [-0.3, -0.25) is 0 Å². The Morgan fingerprint density at radius 2 is 0.967 bits per heavy atom. The maximum absolute atomic E-state index is 2.44. The monoisotopic (exact) mass is 460 g/mol.